The summed E-state index contributed by atoms with van der Waals surface area (Å²) in [6, 6.07) is 0. The van der Waals surface area contributed by atoms with E-state index >= 15 is 0 Å². The van der Waals surface area contributed by atoms with Crippen LogP contribution in [0.5, 0.6) is 0 Å². The minimum absolute atomic E-state index is 0.824. The van der Waals surface area contributed by atoms with E-state index in [0.717, 1.165) is 11.8 Å². The topological polar surface area (TPSA) is 0 Å². The van der Waals surface area contributed by atoms with Gasteiger partial charge in [-0.15, -0.1) is 0 Å². The molecule has 0 spiro atoms. The Morgan fingerprint density at radius 1 is 1.15 bits per heavy atom. The Hall–Kier alpha value is -0.520. The fraction of sp³-hybridized carbons (Fsp3) is 0.692. The molecule has 1 rings (SSSR count). The van der Waals surface area contributed by atoms with Crippen molar-refractivity contribution in [2.45, 2.75) is 46.0 Å². The summed E-state index contributed by atoms with van der Waals surface area (Å²) in [5.74, 6) is 1.75. The lowest BCUT2D eigenvalue weighted by molar-refractivity contribution is 0.339. The molecule has 0 heteroatoms. The highest BCUT2D eigenvalue weighted by molar-refractivity contribution is 5.11. The van der Waals surface area contributed by atoms with E-state index in [1.807, 2.05) is 0 Å². The molecule has 0 fully saturated rings. The van der Waals surface area contributed by atoms with Gasteiger partial charge in [-0.05, 0) is 18.3 Å². The quantitative estimate of drug-likeness (QED) is 0.587. The number of rotatable bonds is 5. The maximum atomic E-state index is 2.40. The molecule has 0 saturated heterocycles. The maximum Gasteiger partial charge on any atom is -0.0167 e. The van der Waals surface area contributed by atoms with Gasteiger partial charge in [0.1, 0.15) is 0 Å². The highest BCUT2D eigenvalue weighted by Gasteiger charge is 2.17. The molecule has 0 radical (unpaired) electrons. The van der Waals surface area contributed by atoms with Gasteiger partial charge in [0, 0.05) is 0 Å². The van der Waals surface area contributed by atoms with Crippen LogP contribution in [0.1, 0.15) is 46.0 Å². The van der Waals surface area contributed by atoms with E-state index in [2.05, 4.69) is 38.2 Å². The van der Waals surface area contributed by atoms with Crippen LogP contribution in [0.15, 0.2) is 24.3 Å². The summed E-state index contributed by atoms with van der Waals surface area (Å²) < 4.78 is 0. The number of allylic oxidation sites excluding steroid dienone is 4. The van der Waals surface area contributed by atoms with Crippen molar-refractivity contribution in [1.82, 2.24) is 0 Å². The van der Waals surface area contributed by atoms with Crippen LogP contribution < -0.4 is 0 Å². The molecule has 1 unspecified atom stereocenters. The molecular weight excluding hydrogens is 156 g/mol. The van der Waals surface area contributed by atoms with E-state index in [1.165, 1.54) is 32.1 Å². The zero-order valence-corrected chi connectivity index (χ0v) is 9.00. The average Bonchev–Trinajstić information content (AvgIpc) is 2.19. The van der Waals surface area contributed by atoms with Crippen molar-refractivity contribution in [3.05, 3.63) is 24.3 Å². The second-order valence-corrected chi connectivity index (χ2v) is 4.05. The van der Waals surface area contributed by atoms with Crippen molar-refractivity contribution in [1.29, 1.82) is 0 Å². The summed E-state index contributed by atoms with van der Waals surface area (Å²) in [6.45, 7) is 4.59. The first-order valence-corrected chi connectivity index (χ1v) is 5.71. The molecule has 0 saturated carbocycles. The predicted molar refractivity (Wildman–Crippen MR) is 59.7 cm³/mol. The van der Waals surface area contributed by atoms with E-state index in [0.29, 0.717) is 0 Å². The second-order valence-electron chi connectivity index (χ2n) is 4.05. The Labute approximate surface area is 82.7 Å². The SMILES string of the molecule is CCCC(CCC)C1C=CC=CC1. The largest absolute Gasteiger partial charge is 0.0840 e. The third-order valence-corrected chi connectivity index (χ3v) is 2.94. The molecule has 0 nitrogen and oxygen atoms in total. The van der Waals surface area contributed by atoms with E-state index in [9.17, 15) is 0 Å². The van der Waals surface area contributed by atoms with Gasteiger partial charge in [-0.2, -0.15) is 0 Å². The summed E-state index contributed by atoms with van der Waals surface area (Å²) >= 11 is 0. The average molecular weight is 178 g/mol. The van der Waals surface area contributed by atoms with Crippen LogP contribution in [0.2, 0.25) is 0 Å². The number of hydrogen-bond acceptors (Lipinski definition) is 0. The highest BCUT2D eigenvalue weighted by Crippen LogP contribution is 2.28. The first-order chi connectivity index (χ1) is 6.38. The van der Waals surface area contributed by atoms with E-state index in [1.54, 1.807) is 0 Å². The zero-order chi connectivity index (χ0) is 9.52. The van der Waals surface area contributed by atoms with Crippen molar-refractivity contribution < 1.29 is 0 Å². The molecule has 74 valence electrons. The lowest BCUT2D eigenvalue weighted by Crippen LogP contribution is -2.13. The van der Waals surface area contributed by atoms with Crippen molar-refractivity contribution in [2.24, 2.45) is 11.8 Å². The van der Waals surface area contributed by atoms with Crippen LogP contribution in [0.3, 0.4) is 0 Å². The number of hydrogen-bond donors (Lipinski definition) is 0. The Kier molecular flexibility index (Phi) is 4.88. The van der Waals surface area contributed by atoms with Crippen LogP contribution in [-0.2, 0) is 0 Å². The van der Waals surface area contributed by atoms with E-state index in [4.69, 9.17) is 0 Å². The fourth-order valence-corrected chi connectivity index (χ4v) is 2.26. The zero-order valence-electron chi connectivity index (χ0n) is 9.00. The van der Waals surface area contributed by atoms with Crippen LogP contribution in [0.25, 0.3) is 0 Å². The molecule has 0 heterocycles. The van der Waals surface area contributed by atoms with Crippen LogP contribution in [0, 0.1) is 11.8 Å². The van der Waals surface area contributed by atoms with Crippen LogP contribution >= 0.6 is 0 Å². The molecule has 0 aromatic rings. The predicted octanol–water partition coefficient (Wildman–Crippen LogP) is 4.34. The lowest BCUT2D eigenvalue weighted by atomic mass is 9.81. The summed E-state index contributed by atoms with van der Waals surface area (Å²) in [4.78, 5) is 0. The van der Waals surface area contributed by atoms with Gasteiger partial charge in [0.15, 0.2) is 0 Å². The Morgan fingerprint density at radius 2 is 1.85 bits per heavy atom. The molecule has 0 aliphatic heterocycles. The van der Waals surface area contributed by atoms with E-state index < -0.39 is 0 Å². The normalized spacial score (nSPS) is 21.3. The molecule has 1 atom stereocenters. The molecule has 1 aliphatic carbocycles. The van der Waals surface area contributed by atoms with Gasteiger partial charge in [-0.1, -0.05) is 63.8 Å². The minimum Gasteiger partial charge on any atom is -0.0840 e. The highest BCUT2D eigenvalue weighted by atomic mass is 14.2. The molecule has 0 N–H and O–H groups in total. The Morgan fingerprint density at radius 3 is 2.31 bits per heavy atom. The lowest BCUT2D eigenvalue weighted by Gasteiger charge is -2.24. The summed E-state index contributed by atoms with van der Waals surface area (Å²) in [5.41, 5.74) is 0. The van der Waals surface area contributed by atoms with Gasteiger partial charge in [-0.25, -0.2) is 0 Å². The van der Waals surface area contributed by atoms with Gasteiger partial charge < -0.3 is 0 Å². The first kappa shape index (κ1) is 10.6. The second kappa shape index (κ2) is 6.01. The summed E-state index contributed by atoms with van der Waals surface area (Å²) in [7, 11) is 0. The summed E-state index contributed by atoms with van der Waals surface area (Å²) in [5, 5.41) is 0. The third kappa shape index (κ3) is 3.38. The van der Waals surface area contributed by atoms with Crippen molar-refractivity contribution in [3.63, 3.8) is 0 Å². The molecule has 13 heavy (non-hydrogen) atoms. The van der Waals surface area contributed by atoms with Crippen molar-refractivity contribution in [3.8, 4) is 0 Å². The smallest absolute Gasteiger partial charge is 0.0167 e. The van der Waals surface area contributed by atoms with Crippen molar-refractivity contribution in [2.75, 3.05) is 0 Å². The molecule has 0 amide bonds. The van der Waals surface area contributed by atoms with Gasteiger partial charge >= 0.3 is 0 Å². The Balaban J connectivity index is 2.43. The first-order valence-electron chi connectivity index (χ1n) is 5.71. The molecule has 0 bridgehead atoms. The minimum atomic E-state index is 0.824. The van der Waals surface area contributed by atoms with Crippen LogP contribution in [0.4, 0.5) is 0 Å². The Bertz CT molecular complexity index is 170. The summed E-state index contributed by atoms with van der Waals surface area (Å²) in [6.07, 6.45) is 15.8. The van der Waals surface area contributed by atoms with Crippen molar-refractivity contribution >= 4 is 0 Å². The van der Waals surface area contributed by atoms with E-state index in [-0.39, 0.29) is 0 Å². The van der Waals surface area contributed by atoms with Gasteiger partial charge in [0.05, 0.1) is 0 Å². The standard InChI is InChI=1S/C13H22/c1-3-8-12(9-4-2)13-10-6-5-7-11-13/h5-7,10,12-13H,3-4,8-9,11H2,1-2H3. The van der Waals surface area contributed by atoms with Crippen LogP contribution in [-0.4, -0.2) is 0 Å². The van der Waals surface area contributed by atoms with Gasteiger partial charge in [0.2, 0.25) is 0 Å². The maximum absolute atomic E-state index is 2.40. The molecule has 0 aromatic carbocycles. The van der Waals surface area contributed by atoms with Gasteiger partial charge in [-0.3, -0.25) is 0 Å². The molecular formula is C13H22. The fourth-order valence-electron chi connectivity index (χ4n) is 2.26. The molecule has 1 aliphatic rings. The van der Waals surface area contributed by atoms with Gasteiger partial charge in [0.25, 0.3) is 0 Å². The monoisotopic (exact) mass is 178 g/mol. The third-order valence-electron chi connectivity index (χ3n) is 2.94. The molecule has 0 aromatic heterocycles.